The van der Waals surface area contributed by atoms with Crippen molar-refractivity contribution in [2.24, 2.45) is 5.73 Å². The molecule has 1 aromatic carbocycles. The average Bonchev–Trinajstić information content (AvgIpc) is 2.90. The molecule has 0 spiro atoms. The van der Waals surface area contributed by atoms with Crippen LogP contribution in [0.5, 0.6) is 5.75 Å². The molecule has 0 bridgehead atoms. The van der Waals surface area contributed by atoms with Crippen LogP contribution in [0.2, 0.25) is 0 Å². The van der Waals surface area contributed by atoms with Gasteiger partial charge in [0.05, 0.1) is 36.4 Å². The summed E-state index contributed by atoms with van der Waals surface area (Å²) in [6.45, 7) is 2.66. The molecule has 5 rings (SSSR count). The van der Waals surface area contributed by atoms with E-state index in [1.165, 1.54) is 25.3 Å². The van der Waals surface area contributed by atoms with Gasteiger partial charge in [0.1, 0.15) is 11.4 Å². The molecule has 0 radical (unpaired) electrons. The number of methoxy groups -OCH3 is 1. The minimum atomic E-state index is -0.940. The smallest absolute Gasteiger partial charge is 0.267 e. The molecule has 4 heterocycles. The quantitative estimate of drug-likeness (QED) is 0.423. The zero-order valence-electron chi connectivity index (χ0n) is 20.3. The van der Waals surface area contributed by atoms with Gasteiger partial charge in [0.15, 0.2) is 17.0 Å². The number of carbonyl (C=O) groups excluding carboxylic acids is 1. The molecule has 1 amide bonds. The van der Waals surface area contributed by atoms with E-state index in [4.69, 9.17) is 10.5 Å². The van der Waals surface area contributed by atoms with Crippen molar-refractivity contribution in [3.05, 3.63) is 88.0 Å². The van der Waals surface area contributed by atoms with Gasteiger partial charge in [-0.25, -0.2) is 9.37 Å². The SMILES string of the molecule is CC1CCC(c2cc(=O)c3c(-c4cccc(C(N)=O)n4)nccc3[nH]2)CO1.COc1cccc(F)c1F. The number of benzene rings is 1. The summed E-state index contributed by atoms with van der Waals surface area (Å²) in [5.74, 6) is -2.35. The second kappa shape index (κ2) is 11.3. The highest BCUT2D eigenvalue weighted by molar-refractivity contribution is 5.94. The van der Waals surface area contributed by atoms with Crippen molar-refractivity contribution < 1.29 is 23.0 Å². The first kappa shape index (κ1) is 25.9. The van der Waals surface area contributed by atoms with Crippen molar-refractivity contribution in [1.29, 1.82) is 0 Å². The van der Waals surface area contributed by atoms with Crippen LogP contribution in [0.25, 0.3) is 22.3 Å². The van der Waals surface area contributed by atoms with Gasteiger partial charge in [-0.1, -0.05) is 12.1 Å². The predicted octanol–water partition coefficient (Wildman–Crippen LogP) is 4.34. The Morgan fingerprint density at radius 1 is 1.16 bits per heavy atom. The summed E-state index contributed by atoms with van der Waals surface area (Å²) in [4.78, 5) is 36.3. The molecule has 2 atom stereocenters. The van der Waals surface area contributed by atoms with Crippen LogP contribution >= 0.6 is 0 Å². The molecule has 1 aliphatic heterocycles. The topological polar surface area (TPSA) is 120 Å². The lowest BCUT2D eigenvalue weighted by atomic mass is 9.94. The van der Waals surface area contributed by atoms with Crippen LogP contribution in [0.3, 0.4) is 0 Å². The van der Waals surface area contributed by atoms with Gasteiger partial charge in [0.2, 0.25) is 5.82 Å². The fourth-order valence-corrected chi connectivity index (χ4v) is 4.11. The van der Waals surface area contributed by atoms with Gasteiger partial charge in [-0.3, -0.25) is 14.6 Å². The van der Waals surface area contributed by atoms with Crippen LogP contribution in [0, 0.1) is 11.6 Å². The van der Waals surface area contributed by atoms with Crippen LogP contribution < -0.4 is 15.9 Å². The van der Waals surface area contributed by atoms with E-state index in [1.54, 1.807) is 30.5 Å². The Morgan fingerprint density at radius 3 is 2.62 bits per heavy atom. The molecular formula is C27H26F2N4O4. The third-order valence-electron chi connectivity index (χ3n) is 6.09. The molecule has 3 aromatic heterocycles. The fourth-order valence-electron chi connectivity index (χ4n) is 4.11. The van der Waals surface area contributed by atoms with Crippen molar-refractivity contribution in [3.63, 3.8) is 0 Å². The van der Waals surface area contributed by atoms with Crippen LogP contribution in [0.1, 0.15) is 41.9 Å². The van der Waals surface area contributed by atoms with Crippen molar-refractivity contribution in [2.75, 3.05) is 13.7 Å². The van der Waals surface area contributed by atoms with Gasteiger partial charge in [0, 0.05) is 23.9 Å². The van der Waals surface area contributed by atoms with E-state index >= 15 is 0 Å². The maximum Gasteiger partial charge on any atom is 0.267 e. The maximum absolute atomic E-state index is 12.9. The Kier molecular flexibility index (Phi) is 7.88. The lowest BCUT2D eigenvalue weighted by Gasteiger charge is -2.27. The van der Waals surface area contributed by atoms with E-state index < -0.39 is 17.5 Å². The molecular weight excluding hydrogens is 482 g/mol. The number of nitrogens with one attached hydrogen (secondary N) is 1. The molecule has 37 heavy (non-hydrogen) atoms. The van der Waals surface area contributed by atoms with Gasteiger partial charge in [-0.05, 0) is 50.1 Å². The van der Waals surface area contributed by atoms with Gasteiger partial charge in [-0.2, -0.15) is 4.39 Å². The summed E-state index contributed by atoms with van der Waals surface area (Å²) in [6.07, 6.45) is 3.82. The van der Waals surface area contributed by atoms with Crippen LogP contribution in [0.15, 0.2) is 59.5 Å². The number of aromatic amines is 1. The lowest BCUT2D eigenvalue weighted by molar-refractivity contribution is 0.0147. The summed E-state index contributed by atoms with van der Waals surface area (Å²) in [6, 6.07) is 12.1. The summed E-state index contributed by atoms with van der Waals surface area (Å²) in [5, 5.41) is 0.445. The third kappa shape index (κ3) is 5.80. The number of hydrogen-bond donors (Lipinski definition) is 2. The Morgan fingerprint density at radius 2 is 1.95 bits per heavy atom. The van der Waals surface area contributed by atoms with Gasteiger partial charge in [0.25, 0.3) is 5.91 Å². The molecule has 3 N–H and O–H groups in total. The summed E-state index contributed by atoms with van der Waals surface area (Å²) >= 11 is 0. The van der Waals surface area contributed by atoms with E-state index in [1.807, 2.05) is 0 Å². The number of amides is 1. The average molecular weight is 509 g/mol. The van der Waals surface area contributed by atoms with Crippen molar-refractivity contribution in [2.45, 2.75) is 31.8 Å². The Labute approximate surface area is 211 Å². The number of H-pyrrole nitrogens is 1. The van der Waals surface area contributed by atoms with Gasteiger partial charge < -0.3 is 20.2 Å². The predicted molar refractivity (Wildman–Crippen MR) is 134 cm³/mol. The molecule has 1 saturated heterocycles. The highest BCUT2D eigenvalue weighted by Gasteiger charge is 2.22. The van der Waals surface area contributed by atoms with Crippen molar-refractivity contribution in [1.82, 2.24) is 15.0 Å². The first-order valence-electron chi connectivity index (χ1n) is 11.7. The number of ether oxygens (including phenoxy) is 2. The number of aromatic nitrogens is 3. The minimum Gasteiger partial charge on any atom is -0.494 e. The van der Waals surface area contributed by atoms with Gasteiger partial charge >= 0.3 is 0 Å². The van der Waals surface area contributed by atoms with Crippen LogP contribution in [0.4, 0.5) is 8.78 Å². The number of primary amides is 1. The molecule has 0 saturated carbocycles. The highest BCUT2D eigenvalue weighted by atomic mass is 19.2. The molecule has 10 heteroatoms. The van der Waals surface area contributed by atoms with Crippen LogP contribution in [-0.4, -0.2) is 40.7 Å². The summed E-state index contributed by atoms with van der Waals surface area (Å²) in [5.41, 5.74) is 7.73. The van der Waals surface area contributed by atoms with E-state index in [0.29, 0.717) is 28.9 Å². The normalized spacial score (nSPS) is 17.1. The number of nitrogens with two attached hydrogens (primary N) is 1. The number of pyridine rings is 3. The molecule has 2 unspecified atom stereocenters. The number of nitrogens with zero attached hydrogens (tertiary/aromatic N) is 2. The number of fused-ring (bicyclic) bond motifs is 1. The lowest BCUT2D eigenvalue weighted by Crippen LogP contribution is -2.24. The van der Waals surface area contributed by atoms with E-state index in [2.05, 4.69) is 26.6 Å². The van der Waals surface area contributed by atoms with Crippen molar-refractivity contribution in [3.8, 4) is 17.1 Å². The largest absolute Gasteiger partial charge is 0.494 e. The monoisotopic (exact) mass is 508 g/mol. The summed E-state index contributed by atoms with van der Waals surface area (Å²) < 4.78 is 35.1. The number of carbonyl (C=O) groups is 1. The number of rotatable bonds is 4. The van der Waals surface area contributed by atoms with E-state index in [9.17, 15) is 18.4 Å². The molecule has 8 nitrogen and oxygen atoms in total. The standard InChI is InChI=1S/C20H20N4O3.C7H6F2O/c1-11-5-6-12(10-27-11)16-9-17(25)18-13(23-16)7-8-22-19(18)14-3-2-4-15(24-14)20(21)26;1-10-6-4-2-3-5(8)7(6)9/h2-4,7-9,11-12H,5-6,10H2,1H3,(H2,21,26)(H,23,25);2-4H,1H3. The second-order valence-corrected chi connectivity index (χ2v) is 8.62. The van der Waals surface area contributed by atoms with Crippen LogP contribution in [-0.2, 0) is 4.74 Å². The van der Waals surface area contributed by atoms with E-state index in [0.717, 1.165) is 24.6 Å². The number of hydrogen-bond acceptors (Lipinski definition) is 6. The Hall–Kier alpha value is -4.18. The highest BCUT2D eigenvalue weighted by Crippen LogP contribution is 2.28. The maximum atomic E-state index is 12.9. The zero-order valence-corrected chi connectivity index (χ0v) is 20.3. The minimum absolute atomic E-state index is 0.0694. The molecule has 0 aliphatic carbocycles. The Balaban J connectivity index is 0.000000270. The first-order valence-corrected chi connectivity index (χ1v) is 11.7. The van der Waals surface area contributed by atoms with E-state index in [-0.39, 0.29) is 28.9 Å². The second-order valence-electron chi connectivity index (χ2n) is 8.62. The fraction of sp³-hybridized carbons (Fsp3) is 0.259. The summed E-state index contributed by atoms with van der Waals surface area (Å²) in [7, 11) is 1.29. The van der Waals surface area contributed by atoms with Gasteiger partial charge in [-0.15, -0.1) is 0 Å². The third-order valence-corrected chi connectivity index (χ3v) is 6.09. The molecule has 4 aromatic rings. The molecule has 1 fully saturated rings. The molecule has 192 valence electrons. The first-order chi connectivity index (χ1) is 17.8. The molecule has 1 aliphatic rings. The van der Waals surface area contributed by atoms with Crippen molar-refractivity contribution >= 4 is 16.8 Å². The number of halogens is 2. The zero-order chi connectivity index (χ0) is 26.5. The Bertz CT molecular complexity index is 1480.